The highest BCUT2D eigenvalue weighted by Crippen LogP contribution is 2.15. The Labute approximate surface area is 97.6 Å². The van der Waals surface area contributed by atoms with Gasteiger partial charge in [0.2, 0.25) is 5.91 Å². The second-order valence-electron chi connectivity index (χ2n) is 4.63. The quantitative estimate of drug-likeness (QED) is 0.654. The zero-order valence-corrected chi connectivity index (χ0v) is 10.3. The lowest BCUT2D eigenvalue weighted by Gasteiger charge is -2.32. The Morgan fingerprint density at radius 1 is 1.44 bits per heavy atom. The number of aldehydes is 1. The molecular weight excluding hydrogens is 204 g/mol. The molecule has 1 heterocycles. The predicted octanol–water partition coefficient (Wildman–Crippen LogP) is 0.908. The van der Waals surface area contributed by atoms with E-state index in [9.17, 15) is 9.59 Å². The monoisotopic (exact) mass is 226 g/mol. The van der Waals surface area contributed by atoms with Gasteiger partial charge in [-0.3, -0.25) is 9.69 Å². The number of amides is 1. The predicted molar refractivity (Wildman–Crippen MR) is 63.2 cm³/mol. The van der Waals surface area contributed by atoms with Crippen molar-refractivity contribution in [3.8, 4) is 0 Å². The minimum atomic E-state index is 0.0863. The van der Waals surface area contributed by atoms with Crippen LogP contribution in [-0.2, 0) is 9.59 Å². The molecule has 0 bridgehead atoms. The molecule has 0 N–H and O–H groups in total. The van der Waals surface area contributed by atoms with Crippen LogP contribution in [0.25, 0.3) is 0 Å². The number of rotatable bonds is 5. The first-order valence-electron chi connectivity index (χ1n) is 6.04. The summed E-state index contributed by atoms with van der Waals surface area (Å²) in [6.07, 6.45) is 5.77. The van der Waals surface area contributed by atoms with Crippen LogP contribution in [0.5, 0.6) is 0 Å². The molecule has 0 aliphatic carbocycles. The summed E-state index contributed by atoms with van der Waals surface area (Å²) in [6, 6.07) is 0.0863. The van der Waals surface area contributed by atoms with Crippen LogP contribution in [-0.4, -0.2) is 55.2 Å². The van der Waals surface area contributed by atoms with Gasteiger partial charge in [0.15, 0.2) is 0 Å². The summed E-state index contributed by atoms with van der Waals surface area (Å²) < 4.78 is 0. The van der Waals surface area contributed by atoms with Crippen LogP contribution < -0.4 is 0 Å². The van der Waals surface area contributed by atoms with Crippen LogP contribution in [0, 0.1) is 0 Å². The molecule has 1 amide bonds. The van der Waals surface area contributed by atoms with Crippen molar-refractivity contribution in [1.29, 1.82) is 0 Å². The second-order valence-corrected chi connectivity index (χ2v) is 4.63. The number of hydrogen-bond acceptors (Lipinski definition) is 3. The van der Waals surface area contributed by atoms with Crippen molar-refractivity contribution in [2.24, 2.45) is 0 Å². The molecule has 1 aliphatic rings. The summed E-state index contributed by atoms with van der Waals surface area (Å²) >= 11 is 0. The maximum Gasteiger partial charge on any atom is 0.222 e. The normalized spacial score (nSPS) is 21.8. The van der Waals surface area contributed by atoms with Gasteiger partial charge in [0, 0.05) is 20.5 Å². The SMILES string of the molecule is CN(C)C(=O)CCCN1CCCCC1C=O. The average Bonchev–Trinajstić information content (AvgIpc) is 2.29. The van der Waals surface area contributed by atoms with Crippen molar-refractivity contribution in [2.45, 2.75) is 38.1 Å². The molecule has 0 aromatic carbocycles. The van der Waals surface area contributed by atoms with Crippen molar-refractivity contribution >= 4 is 12.2 Å². The van der Waals surface area contributed by atoms with Gasteiger partial charge >= 0.3 is 0 Å². The lowest BCUT2D eigenvalue weighted by molar-refractivity contribution is -0.128. The van der Waals surface area contributed by atoms with E-state index in [-0.39, 0.29) is 11.9 Å². The molecule has 0 saturated carbocycles. The molecule has 0 radical (unpaired) electrons. The molecule has 1 atom stereocenters. The molecule has 1 rings (SSSR count). The molecule has 4 nitrogen and oxygen atoms in total. The zero-order chi connectivity index (χ0) is 12.0. The molecule has 0 aromatic rings. The third-order valence-corrected chi connectivity index (χ3v) is 3.16. The van der Waals surface area contributed by atoms with E-state index in [2.05, 4.69) is 4.90 Å². The highest BCUT2D eigenvalue weighted by atomic mass is 16.2. The van der Waals surface area contributed by atoms with E-state index in [4.69, 9.17) is 0 Å². The van der Waals surface area contributed by atoms with Crippen LogP contribution in [0.15, 0.2) is 0 Å². The van der Waals surface area contributed by atoms with E-state index in [0.29, 0.717) is 6.42 Å². The van der Waals surface area contributed by atoms with Gasteiger partial charge in [-0.05, 0) is 32.4 Å². The Morgan fingerprint density at radius 3 is 2.81 bits per heavy atom. The van der Waals surface area contributed by atoms with Gasteiger partial charge in [-0.2, -0.15) is 0 Å². The average molecular weight is 226 g/mol. The third kappa shape index (κ3) is 3.93. The van der Waals surface area contributed by atoms with Crippen LogP contribution in [0.2, 0.25) is 0 Å². The molecule has 1 unspecified atom stereocenters. The molecule has 92 valence electrons. The van der Waals surface area contributed by atoms with Crippen LogP contribution >= 0.6 is 0 Å². The van der Waals surface area contributed by atoms with Crippen LogP contribution in [0.4, 0.5) is 0 Å². The summed E-state index contributed by atoms with van der Waals surface area (Å²) in [6.45, 7) is 1.86. The standard InChI is InChI=1S/C12H22N2O2/c1-13(2)12(16)7-5-9-14-8-4-3-6-11(14)10-15/h10-11H,3-9H2,1-2H3. The molecular formula is C12H22N2O2. The largest absolute Gasteiger partial charge is 0.349 e. The van der Waals surface area contributed by atoms with E-state index in [1.807, 2.05) is 0 Å². The fourth-order valence-corrected chi connectivity index (χ4v) is 2.11. The fraction of sp³-hybridized carbons (Fsp3) is 0.833. The first-order valence-corrected chi connectivity index (χ1v) is 6.04. The Hall–Kier alpha value is -0.900. The summed E-state index contributed by atoms with van der Waals surface area (Å²) in [5.74, 6) is 0.166. The topological polar surface area (TPSA) is 40.6 Å². The van der Waals surface area contributed by atoms with Gasteiger partial charge in [0.1, 0.15) is 6.29 Å². The molecule has 0 spiro atoms. The number of piperidine rings is 1. The van der Waals surface area contributed by atoms with E-state index in [1.54, 1.807) is 19.0 Å². The summed E-state index contributed by atoms with van der Waals surface area (Å²) in [7, 11) is 3.55. The first kappa shape index (κ1) is 13.2. The van der Waals surface area contributed by atoms with Gasteiger partial charge in [0.25, 0.3) is 0 Å². The molecule has 1 aliphatic heterocycles. The molecule has 0 aromatic heterocycles. The lowest BCUT2D eigenvalue weighted by Crippen LogP contribution is -2.41. The smallest absolute Gasteiger partial charge is 0.222 e. The molecule has 1 fully saturated rings. The Balaban J connectivity index is 2.25. The number of carbonyl (C=O) groups is 2. The fourth-order valence-electron chi connectivity index (χ4n) is 2.11. The first-order chi connectivity index (χ1) is 7.65. The van der Waals surface area contributed by atoms with Gasteiger partial charge in [-0.15, -0.1) is 0 Å². The number of carbonyl (C=O) groups excluding carboxylic acids is 2. The van der Waals surface area contributed by atoms with Crippen molar-refractivity contribution < 1.29 is 9.59 Å². The van der Waals surface area contributed by atoms with Crippen molar-refractivity contribution in [1.82, 2.24) is 9.80 Å². The van der Waals surface area contributed by atoms with Crippen molar-refractivity contribution in [2.75, 3.05) is 27.2 Å². The lowest BCUT2D eigenvalue weighted by atomic mass is 10.0. The Kier molecular flexibility index (Phi) is 5.46. The van der Waals surface area contributed by atoms with E-state index >= 15 is 0 Å². The van der Waals surface area contributed by atoms with Gasteiger partial charge in [-0.25, -0.2) is 0 Å². The van der Waals surface area contributed by atoms with Crippen molar-refractivity contribution in [3.63, 3.8) is 0 Å². The second kappa shape index (κ2) is 6.63. The van der Waals surface area contributed by atoms with Crippen LogP contribution in [0.1, 0.15) is 32.1 Å². The molecule has 4 heteroatoms. The third-order valence-electron chi connectivity index (χ3n) is 3.16. The Morgan fingerprint density at radius 2 is 2.19 bits per heavy atom. The molecule has 1 saturated heterocycles. The van der Waals surface area contributed by atoms with E-state index < -0.39 is 0 Å². The van der Waals surface area contributed by atoms with Crippen molar-refractivity contribution in [3.05, 3.63) is 0 Å². The number of nitrogens with zero attached hydrogens (tertiary/aromatic N) is 2. The highest BCUT2D eigenvalue weighted by molar-refractivity contribution is 5.75. The highest BCUT2D eigenvalue weighted by Gasteiger charge is 2.21. The van der Waals surface area contributed by atoms with E-state index in [1.165, 1.54) is 6.42 Å². The minimum Gasteiger partial charge on any atom is -0.349 e. The van der Waals surface area contributed by atoms with Gasteiger partial charge in [0.05, 0.1) is 6.04 Å². The minimum absolute atomic E-state index is 0.0863. The summed E-state index contributed by atoms with van der Waals surface area (Å²) in [5, 5.41) is 0. The zero-order valence-electron chi connectivity index (χ0n) is 10.3. The number of likely N-dealkylation sites (tertiary alicyclic amines) is 1. The maximum absolute atomic E-state index is 11.4. The summed E-state index contributed by atoms with van der Waals surface area (Å²) in [5.41, 5.74) is 0. The van der Waals surface area contributed by atoms with Gasteiger partial charge < -0.3 is 9.69 Å². The van der Waals surface area contributed by atoms with Crippen LogP contribution in [0.3, 0.4) is 0 Å². The molecule has 16 heavy (non-hydrogen) atoms. The number of hydrogen-bond donors (Lipinski definition) is 0. The van der Waals surface area contributed by atoms with E-state index in [0.717, 1.165) is 38.6 Å². The summed E-state index contributed by atoms with van der Waals surface area (Å²) in [4.78, 5) is 26.1. The maximum atomic E-state index is 11.4. The van der Waals surface area contributed by atoms with Gasteiger partial charge in [-0.1, -0.05) is 6.42 Å². The Bertz CT molecular complexity index is 241.